The van der Waals surface area contributed by atoms with Crippen LogP contribution in [0.25, 0.3) is 0 Å². The van der Waals surface area contributed by atoms with Crippen LogP contribution in [0, 0.1) is 0 Å². The Bertz CT molecular complexity index is 910. The molecule has 0 saturated heterocycles. The molecule has 17 heteroatoms. The summed E-state index contributed by atoms with van der Waals surface area (Å²) < 4.78 is 0. The summed E-state index contributed by atoms with van der Waals surface area (Å²) >= 11 is 24.5. The first-order valence-electron chi connectivity index (χ1n) is 10.0. The first-order valence-corrected chi connectivity index (χ1v) is 30.3. The molecule has 39 heavy (non-hydrogen) atoms. The molecule has 8 nitrogen and oxygen atoms in total. The van der Waals surface area contributed by atoms with Crippen molar-refractivity contribution in [3.8, 4) is 0 Å². The van der Waals surface area contributed by atoms with Crippen molar-refractivity contribution >= 4 is 156 Å². The molecule has 2 atom stereocenters. The largest absolute Gasteiger partial charge is 0.280 e. The van der Waals surface area contributed by atoms with E-state index in [1.165, 1.54) is 7.05 Å². The van der Waals surface area contributed by atoms with Crippen LogP contribution in [0.15, 0.2) is 60.7 Å². The number of nitrogens with one attached hydrogen (secondary N) is 3. The molecule has 0 aromatic heterocycles. The number of likely N-dealkylation sites (N-methyl/N-ethyl adjacent to an activating group) is 2. The first-order chi connectivity index (χ1) is 18.1. The van der Waals surface area contributed by atoms with Gasteiger partial charge in [0.25, 0.3) is 0 Å². The van der Waals surface area contributed by atoms with Crippen LogP contribution < -0.4 is 34.9 Å². The van der Waals surface area contributed by atoms with Gasteiger partial charge < -0.3 is 21.7 Å². The van der Waals surface area contributed by atoms with E-state index in [2.05, 4.69) is 90.4 Å². The zero-order valence-electron chi connectivity index (χ0n) is 20.5. The number of alkyl halides is 2. The molecular weight excluding hydrogens is 1250 g/mol. The van der Waals surface area contributed by atoms with E-state index < -0.39 is 17.3 Å². The molecule has 0 aliphatic carbocycles. The van der Waals surface area contributed by atoms with Crippen molar-refractivity contribution in [3.05, 3.63) is 71.8 Å². The normalized spacial score (nSPS) is 10.2. The number of nitrogens with two attached hydrogens (primary N) is 1. The van der Waals surface area contributed by atoms with Crippen molar-refractivity contribution in [2.24, 2.45) is 5.73 Å². The molecule has 0 fully saturated rings. The van der Waals surface area contributed by atoms with E-state index in [1.807, 2.05) is 36.4 Å². The van der Waals surface area contributed by atoms with Gasteiger partial charge in [-0.3, -0.25) is 19.2 Å². The average Bonchev–Trinajstić information content (AvgIpc) is 2.97. The van der Waals surface area contributed by atoms with E-state index in [-0.39, 0.29) is 53.5 Å². The summed E-state index contributed by atoms with van der Waals surface area (Å²) in [5.74, 6) is -1.08. The Balaban J connectivity index is -0.000000235. The van der Waals surface area contributed by atoms with Gasteiger partial charge in [0.15, 0.2) is 0 Å². The molecule has 0 spiro atoms. The maximum atomic E-state index is 11.6. The van der Waals surface area contributed by atoms with Crippen LogP contribution in [0.1, 0.15) is 23.2 Å². The maximum Gasteiger partial charge on any atom is 0.236 e. The van der Waals surface area contributed by atoms with Gasteiger partial charge in [0.1, 0.15) is 18.0 Å². The predicted octanol–water partition coefficient (Wildman–Crippen LogP) is 3.42. The molecule has 2 aromatic rings. The molecule has 0 aliphatic heterocycles. The van der Waals surface area contributed by atoms with Crippen molar-refractivity contribution < 1.29 is 32.4 Å². The molecule has 2 unspecified atom stereocenters. The fraction of sp³-hybridized carbons (Fsp3) is 0.273. The fourth-order valence-electron chi connectivity index (χ4n) is 2.26. The fourth-order valence-corrected chi connectivity index (χ4v) is 2.33. The second-order valence-corrected chi connectivity index (χ2v) is 23.4. The topological polar surface area (TPSA) is 130 Å². The summed E-state index contributed by atoms with van der Waals surface area (Å²) in [6.07, 6.45) is 0. The van der Waals surface area contributed by atoms with Crippen molar-refractivity contribution in [1.29, 1.82) is 0 Å². The van der Waals surface area contributed by atoms with Gasteiger partial charge in [-0.25, -0.2) is 0 Å². The van der Waals surface area contributed by atoms with Crippen LogP contribution in [-0.4, -0.2) is 48.8 Å². The minimum Gasteiger partial charge on any atom is -0.280 e. The van der Waals surface area contributed by atoms with Gasteiger partial charge in [-0.2, -0.15) is 0 Å². The third kappa shape index (κ3) is 27.0. The Morgan fingerprint density at radius 3 is 1.49 bits per heavy atom. The van der Waals surface area contributed by atoms with Crippen molar-refractivity contribution in [3.63, 3.8) is 0 Å². The minimum absolute atomic E-state index is 0. The molecule has 0 saturated carbocycles. The molecule has 0 bridgehead atoms. The van der Waals surface area contributed by atoms with Gasteiger partial charge in [0.2, 0.25) is 23.0 Å². The summed E-state index contributed by atoms with van der Waals surface area (Å²) in [6, 6.07) is 17.0. The molecule has 2 rings (SSSR count). The van der Waals surface area contributed by atoms with Gasteiger partial charge in [0, 0.05) is 51.3 Å². The van der Waals surface area contributed by atoms with Gasteiger partial charge >= 0.3 is 50.5 Å². The van der Waals surface area contributed by atoms with E-state index in [0.29, 0.717) is 13.3 Å². The zero-order valence-corrected chi connectivity index (χ0v) is 35.9. The van der Waals surface area contributed by atoms with Crippen molar-refractivity contribution in [2.45, 2.75) is 12.1 Å². The first kappa shape index (κ1) is 47.7. The van der Waals surface area contributed by atoms with Crippen molar-refractivity contribution in [1.82, 2.24) is 16.0 Å². The summed E-state index contributed by atoms with van der Waals surface area (Å²) in [7, 11) is 3.09. The average molecular weight is 1280 g/mol. The Labute approximate surface area is 314 Å². The third-order valence-electron chi connectivity index (χ3n) is 3.86. The van der Waals surface area contributed by atoms with Gasteiger partial charge in [-0.05, 0) is 22.7 Å². The van der Waals surface area contributed by atoms with Crippen LogP contribution in [0.3, 0.4) is 0 Å². The second kappa shape index (κ2) is 34.2. The molecule has 224 valence electrons. The van der Waals surface area contributed by atoms with E-state index >= 15 is 0 Å². The van der Waals surface area contributed by atoms with Gasteiger partial charge in [-0.15, -0.1) is 47.2 Å². The Morgan fingerprint density at radius 2 is 1.18 bits per heavy atom. The Kier molecular flexibility index (Phi) is 41.8. The number of rotatable bonds is 7. The van der Waals surface area contributed by atoms with E-state index in [1.54, 1.807) is 31.3 Å². The summed E-state index contributed by atoms with van der Waals surface area (Å²) in [6.45, 7) is 0. The second-order valence-electron chi connectivity index (χ2n) is 6.20. The summed E-state index contributed by atoms with van der Waals surface area (Å²) in [4.78, 5) is 43.3. The zero-order chi connectivity index (χ0) is 29.9. The van der Waals surface area contributed by atoms with Crippen LogP contribution in [0.5, 0.6) is 0 Å². The Hall–Kier alpha value is 1.73. The number of carbonyl (C=O) groups is 4. The predicted molar refractivity (Wildman–Crippen MR) is 203 cm³/mol. The number of carbonyl (C=O) groups excluding carboxylic acids is 4. The monoisotopic (exact) mass is 1280 g/mol. The molecule has 2 aromatic carbocycles. The number of hydrogen-bond donors (Lipinski definition) is 4. The molecule has 0 radical (unpaired) electrons. The maximum absolute atomic E-state index is 11.6. The van der Waals surface area contributed by atoms with Crippen LogP contribution >= 0.6 is 133 Å². The van der Waals surface area contributed by atoms with E-state index in [9.17, 15) is 19.2 Å². The number of hydrogen-bond acceptors (Lipinski definition) is 5. The molecule has 3 amide bonds. The number of benzene rings is 2. The number of amides is 3. The molecular formula is C22H28Cl3I6N4O4-. The minimum atomic E-state index is -0.697. The van der Waals surface area contributed by atoms with Gasteiger partial charge in [-0.1, -0.05) is 60.7 Å². The van der Waals surface area contributed by atoms with Gasteiger partial charge in [0.05, 0.1) is 5.88 Å². The smallest absolute Gasteiger partial charge is 0.236 e. The van der Waals surface area contributed by atoms with Crippen molar-refractivity contribution in [2.75, 3.05) is 25.9 Å². The molecule has 5 N–H and O–H groups in total. The molecule has 0 heterocycles. The summed E-state index contributed by atoms with van der Waals surface area (Å²) in [5, 5.41) is 7.04. The third-order valence-corrected chi connectivity index (χ3v) is 4.62. The summed E-state index contributed by atoms with van der Waals surface area (Å²) in [5.41, 5.74) is 7.19. The quantitative estimate of drug-likeness (QED) is 0.192. The standard InChI is InChI=1S/C11H13ClN2O2.C9H12N2O.C2H2Cl2O.I3.I2.HI/c1-13-11(16)10(14-9(15)7-12)8-5-3-2-4-6-8;1-11-9(12)8(10)7-5-3-2-4-6-7;3-1-2(4)5;1-3-2;1-2;/h2-6,10H,7H2,1H3,(H,13,16)(H,14,15);2-6,8H,10H2,1H3,(H,11,12);1H2;;;1H/q;;;-1;;. The van der Waals surface area contributed by atoms with E-state index in [4.69, 9.17) is 40.5 Å². The van der Waals surface area contributed by atoms with E-state index in [0.717, 1.165) is 11.1 Å². The molecule has 0 aliphatic rings. The van der Waals surface area contributed by atoms with Crippen LogP contribution in [0.2, 0.25) is 0 Å². The van der Waals surface area contributed by atoms with Crippen LogP contribution in [0.4, 0.5) is 0 Å². The SMILES string of the molecule is CNC(=O)C(N)c1ccccc1.CNC(=O)C(NC(=O)CCl)c1ccccc1.I.II.I[I-]I.O=C(Cl)CCl. The number of halogens is 9. The van der Waals surface area contributed by atoms with Crippen LogP contribution in [-0.2, 0) is 19.2 Å². The Morgan fingerprint density at radius 1 is 0.821 bits per heavy atom.